The second kappa shape index (κ2) is 9.79. The van der Waals surface area contributed by atoms with Gasteiger partial charge in [-0.1, -0.05) is 54.6 Å². The number of benzene rings is 2. The zero-order chi connectivity index (χ0) is 17.2. The van der Waals surface area contributed by atoms with Gasteiger partial charge in [-0.3, -0.25) is 0 Å². The van der Waals surface area contributed by atoms with Crippen molar-refractivity contribution in [3.05, 3.63) is 59.7 Å². The largest absolute Gasteiger partial charge is 0.745 e. The van der Waals surface area contributed by atoms with Gasteiger partial charge in [-0.25, -0.2) is 0 Å². The van der Waals surface area contributed by atoms with Crippen molar-refractivity contribution >= 4 is 40.0 Å². The lowest BCUT2D eigenvalue weighted by atomic mass is 10.1. The molecule has 0 aliphatic heterocycles. The summed E-state index contributed by atoms with van der Waals surface area (Å²) in [7, 11) is -5.85. The van der Waals surface area contributed by atoms with Gasteiger partial charge in [0.2, 0.25) is 0 Å². The van der Waals surface area contributed by atoms with E-state index >= 15 is 0 Å². The van der Waals surface area contributed by atoms with Gasteiger partial charge in [0.05, 0.1) is 11.4 Å². The second-order valence-corrected chi connectivity index (χ2v) is 5.76. The van der Waals surface area contributed by atoms with Gasteiger partial charge in [0.15, 0.2) is 4.31 Å². The third-order valence-electron chi connectivity index (χ3n) is 2.57. The summed E-state index contributed by atoms with van der Waals surface area (Å²) in [5, 5.41) is 0. The maximum atomic E-state index is 9.39. The Balaban J connectivity index is 0.000000322. The van der Waals surface area contributed by atoms with Crippen LogP contribution in [0.1, 0.15) is 11.1 Å². The molecule has 0 bridgehead atoms. The minimum atomic E-state index is -2.92. The van der Waals surface area contributed by atoms with E-state index < -0.39 is 16.5 Å². The Kier molecular flexibility index (Phi) is 8.05. The molecule has 0 aliphatic carbocycles. The van der Waals surface area contributed by atoms with E-state index in [1.165, 1.54) is 0 Å². The SMILES string of the molecule is Nc1cccc(C=Cc2ccccc2)c1N.O=[P+](O)O[P+](=O)O. The highest BCUT2D eigenvalue weighted by Crippen LogP contribution is 2.30. The molecule has 120 valence electrons. The Bertz CT molecular complexity index is 696. The summed E-state index contributed by atoms with van der Waals surface area (Å²) in [4.78, 5) is 15.3. The predicted octanol–water partition coefficient (Wildman–Crippen LogP) is 3.32. The van der Waals surface area contributed by atoms with Crippen molar-refractivity contribution < 1.29 is 23.2 Å². The molecular weight excluding hydrogens is 338 g/mol. The Labute approximate surface area is 135 Å². The van der Waals surface area contributed by atoms with Crippen molar-refractivity contribution in [2.24, 2.45) is 0 Å². The third-order valence-corrected chi connectivity index (χ3v) is 3.69. The van der Waals surface area contributed by atoms with Crippen LogP contribution in [0.2, 0.25) is 0 Å². The highest BCUT2D eigenvalue weighted by Gasteiger charge is 2.31. The summed E-state index contributed by atoms with van der Waals surface area (Å²) in [6, 6.07) is 15.7. The molecule has 2 unspecified atom stereocenters. The van der Waals surface area contributed by atoms with Crippen LogP contribution in [0.5, 0.6) is 0 Å². The maximum Gasteiger partial charge on any atom is 0.745 e. The summed E-state index contributed by atoms with van der Waals surface area (Å²) < 4.78 is 22.2. The molecule has 0 radical (unpaired) electrons. The lowest BCUT2D eigenvalue weighted by Gasteiger charge is -2.03. The number of hydrogen-bond donors (Lipinski definition) is 4. The number of hydrogen-bond acceptors (Lipinski definition) is 5. The molecule has 9 heteroatoms. The van der Waals surface area contributed by atoms with E-state index in [4.69, 9.17) is 21.3 Å². The summed E-state index contributed by atoms with van der Waals surface area (Å²) >= 11 is 0. The molecule has 0 fully saturated rings. The highest BCUT2D eigenvalue weighted by atomic mass is 31.2. The Morgan fingerprint density at radius 1 is 0.870 bits per heavy atom. The van der Waals surface area contributed by atoms with E-state index in [0.29, 0.717) is 11.4 Å². The molecule has 0 saturated heterocycles. The van der Waals surface area contributed by atoms with Crippen molar-refractivity contribution in [3.63, 3.8) is 0 Å². The Hall–Kier alpha value is -2.14. The fourth-order valence-corrected chi connectivity index (χ4v) is 2.03. The van der Waals surface area contributed by atoms with Gasteiger partial charge in [-0.15, -0.1) is 9.79 Å². The van der Waals surface area contributed by atoms with Crippen LogP contribution in [0.15, 0.2) is 48.5 Å². The van der Waals surface area contributed by atoms with Gasteiger partial charge in [0, 0.05) is 9.13 Å². The molecule has 0 heterocycles. The van der Waals surface area contributed by atoms with E-state index in [2.05, 4.69) is 4.31 Å². The maximum absolute atomic E-state index is 9.39. The zero-order valence-corrected chi connectivity index (χ0v) is 13.7. The molecule has 7 nitrogen and oxygen atoms in total. The van der Waals surface area contributed by atoms with Crippen molar-refractivity contribution in [2.45, 2.75) is 0 Å². The molecule has 0 aromatic heterocycles. The standard InChI is InChI=1S/C14H14N2.O5P2/c15-13-8-4-7-12(14(13)16)10-9-11-5-2-1-3-6-11;1-6(2)5-7(3)4/h1-10H,15-16H2;/p+2. The highest BCUT2D eigenvalue weighted by molar-refractivity contribution is 7.46. The number of anilines is 2. The molecule has 0 saturated carbocycles. The first-order valence-electron chi connectivity index (χ1n) is 6.27. The van der Waals surface area contributed by atoms with Crippen LogP contribution in [0.25, 0.3) is 12.2 Å². The molecule has 0 amide bonds. The number of para-hydroxylation sites is 1. The molecular formula is C14H16N2O5P2+2. The van der Waals surface area contributed by atoms with Crippen molar-refractivity contribution in [1.29, 1.82) is 0 Å². The Morgan fingerprint density at radius 3 is 2.00 bits per heavy atom. The second-order valence-electron chi connectivity index (χ2n) is 4.15. The topological polar surface area (TPSA) is 136 Å². The molecule has 2 aromatic rings. The fourth-order valence-electron chi connectivity index (χ4n) is 1.56. The van der Waals surface area contributed by atoms with Crippen LogP contribution in [0.4, 0.5) is 11.4 Å². The van der Waals surface area contributed by atoms with Gasteiger partial charge in [0.1, 0.15) is 0 Å². The summed E-state index contributed by atoms with van der Waals surface area (Å²) in [5.74, 6) is 0. The summed E-state index contributed by atoms with van der Waals surface area (Å²) in [6.07, 6.45) is 3.99. The van der Waals surface area contributed by atoms with Crippen LogP contribution in [0.3, 0.4) is 0 Å². The average Bonchev–Trinajstić information content (AvgIpc) is 2.49. The smallest absolute Gasteiger partial charge is 0.397 e. The number of nitrogen functional groups attached to an aromatic ring is 2. The van der Waals surface area contributed by atoms with Crippen LogP contribution >= 0.6 is 16.5 Å². The molecule has 23 heavy (non-hydrogen) atoms. The molecule has 6 N–H and O–H groups in total. The molecule has 0 aliphatic rings. The van der Waals surface area contributed by atoms with Gasteiger partial charge in [0.25, 0.3) is 0 Å². The van der Waals surface area contributed by atoms with Crippen LogP contribution in [-0.2, 0) is 13.4 Å². The van der Waals surface area contributed by atoms with Crippen LogP contribution in [0, 0.1) is 0 Å². The average molecular weight is 354 g/mol. The van der Waals surface area contributed by atoms with Gasteiger partial charge < -0.3 is 11.5 Å². The lowest BCUT2D eigenvalue weighted by Crippen LogP contribution is -1.96. The molecule has 2 rings (SSSR count). The first kappa shape index (κ1) is 18.9. The van der Waals surface area contributed by atoms with Crippen molar-refractivity contribution in [1.82, 2.24) is 0 Å². The normalized spacial score (nSPS) is 11.6. The monoisotopic (exact) mass is 354 g/mol. The minimum Gasteiger partial charge on any atom is -0.397 e. The molecule has 2 atom stereocenters. The fraction of sp³-hybridized carbons (Fsp3) is 0. The van der Waals surface area contributed by atoms with E-state index in [9.17, 15) is 9.13 Å². The zero-order valence-electron chi connectivity index (χ0n) is 11.9. The number of rotatable bonds is 4. The predicted molar refractivity (Wildman–Crippen MR) is 91.4 cm³/mol. The lowest BCUT2D eigenvalue weighted by molar-refractivity contribution is 0.371. The molecule has 0 spiro atoms. The molecule has 2 aromatic carbocycles. The Morgan fingerprint density at radius 2 is 1.48 bits per heavy atom. The summed E-state index contributed by atoms with van der Waals surface area (Å²) in [6.45, 7) is 0. The van der Waals surface area contributed by atoms with Gasteiger partial charge in [-0.05, 0) is 17.2 Å². The number of nitrogens with two attached hydrogens (primary N) is 2. The van der Waals surface area contributed by atoms with Crippen molar-refractivity contribution in [2.75, 3.05) is 11.5 Å². The van der Waals surface area contributed by atoms with Gasteiger partial charge in [-0.2, -0.15) is 0 Å². The first-order chi connectivity index (χ1) is 10.9. The van der Waals surface area contributed by atoms with Crippen molar-refractivity contribution in [3.8, 4) is 0 Å². The van der Waals surface area contributed by atoms with E-state index in [1.807, 2.05) is 54.6 Å². The first-order valence-corrected chi connectivity index (χ1v) is 8.53. The van der Waals surface area contributed by atoms with E-state index in [0.717, 1.165) is 11.1 Å². The van der Waals surface area contributed by atoms with Gasteiger partial charge >= 0.3 is 16.5 Å². The van der Waals surface area contributed by atoms with E-state index in [1.54, 1.807) is 6.07 Å². The minimum absolute atomic E-state index is 0.621. The van der Waals surface area contributed by atoms with Crippen LogP contribution < -0.4 is 11.5 Å². The summed E-state index contributed by atoms with van der Waals surface area (Å²) in [5.41, 5.74) is 14.9. The quantitative estimate of drug-likeness (QED) is 0.375. The van der Waals surface area contributed by atoms with E-state index in [-0.39, 0.29) is 0 Å². The third kappa shape index (κ3) is 7.61. The van der Waals surface area contributed by atoms with Crippen LogP contribution in [-0.4, -0.2) is 9.79 Å².